The largest absolute Gasteiger partial charge is 0.478 e. The highest BCUT2D eigenvalue weighted by Crippen LogP contribution is 2.36. The Labute approximate surface area is 112 Å². The molecule has 19 heavy (non-hydrogen) atoms. The van der Waals surface area contributed by atoms with Crippen molar-refractivity contribution in [2.24, 2.45) is 5.92 Å². The highest BCUT2D eigenvalue weighted by Gasteiger charge is 2.34. The van der Waals surface area contributed by atoms with Gasteiger partial charge in [0.2, 0.25) is 0 Å². The smallest absolute Gasteiger partial charge is 0.339 e. The zero-order valence-electron chi connectivity index (χ0n) is 11.2. The topological polar surface area (TPSA) is 75.5 Å². The Morgan fingerprint density at radius 1 is 1.63 bits per heavy atom. The van der Waals surface area contributed by atoms with Gasteiger partial charge < -0.3 is 14.7 Å². The zero-order valence-corrected chi connectivity index (χ0v) is 11.2. The molecule has 1 fully saturated rings. The number of methoxy groups -OCH3 is 1. The van der Waals surface area contributed by atoms with Gasteiger partial charge in [-0.25, -0.2) is 4.79 Å². The van der Waals surface area contributed by atoms with Crippen LogP contribution in [0.25, 0.3) is 0 Å². The van der Waals surface area contributed by atoms with Gasteiger partial charge in [0.1, 0.15) is 5.56 Å². The van der Waals surface area contributed by atoms with E-state index in [1.165, 1.54) is 25.1 Å². The summed E-state index contributed by atoms with van der Waals surface area (Å²) in [6, 6.07) is 1.74. The van der Waals surface area contributed by atoms with Gasteiger partial charge in [-0.1, -0.05) is 0 Å². The van der Waals surface area contributed by atoms with Gasteiger partial charge in [0.05, 0.1) is 12.8 Å². The molecule has 1 aliphatic carbocycles. The van der Waals surface area contributed by atoms with Crippen molar-refractivity contribution in [3.8, 4) is 0 Å². The Bertz CT molecular complexity index is 449. The molecule has 1 aliphatic rings. The van der Waals surface area contributed by atoms with Crippen molar-refractivity contribution in [3.05, 3.63) is 17.8 Å². The Morgan fingerprint density at radius 2 is 2.37 bits per heavy atom. The lowest BCUT2D eigenvalue weighted by Crippen LogP contribution is -2.39. The number of hydrogen-bond acceptors (Lipinski definition) is 5. The molecule has 1 unspecified atom stereocenters. The monoisotopic (exact) mass is 265 g/mol. The first-order chi connectivity index (χ1) is 9.15. The van der Waals surface area contributed by atoms with E-state index in [1.54, 1.807) is 7.11 Å². The number of aromatic carboxylic acids is 1. The number of carboxylic acid groups (broad SMARTS) is 1. The van der Waals surface area contributed by atoms with Gasteiger partial charge in [-0.2, -0.15) is 5.10 Å². The molecule has 0 radical (unpaired) electrons. The third-order valence-electron chi connectivity index (χ3n) is 3.54. The number of hydrogen-bond donors (Lipinski definition) is 1. The molecule has 1 saturated carbocycles. The minimum Gasteiger partial charge on any atom is -0.478 e. The first-order valence-electron chi connectivity index (χ1n) is 6.45. The normalized spacial score (nSPS) is 16.1. The van der Waals surface area contributed by atoms with Gasteiger partial charge >= 0.3 is 5.97 Å². The molecule has 0 saturated heterocycles. The van der Waals surface area contributed by atoms with Crippen LogP contribution in [0.2, 0.25) is 0 Å². The van der Waals surface area contributed by atoms with Gasteiger partial charge in [0.15, 0.2) is 5.82 Å². The third kappa shape index (κ3) is 3.20. The molecule has 1 aromatic heterocycles. The minimum atomic E-state index is -0.977. The van der Waals surface area contributed by atoms with Crippen LogP contribution in [0.5, 0.6) is 0 Å². The van der Waals surface area contributed by atoms with Gasteiger partial charge in [-0.15, -0.1) is 5.10 Å². The van der Waals surface area contributed by atoms with E-state index in [0.717, 1.165) is 0 Å². The van der Waals surface area contributed by atoms with Crippen molar-refractivity contribution in [3.63, 3.8) is 0 Å². The second kappa shape index (κ2) is 5.97. The summed E-state index contributed by atoms with van der Waals surface area (Å²) in [6.07, 6.45) is 3.78. The highest BCUT2D eigenvalue weighted by atomic mass is 16.5. The lowest BCUT2D eigenvalue weighted by molar-refractivity contribution is 0.0696. The molecule has 2 rings (SSSR count). The number of nitrogens with zero attached hydrogens (tertiary/aromatic N) is 3. The van der Waals surface area contributed by atoms with Crippen molar-refractivity contribution in [2.75, 3.05) is 25.2 Å². The minimum absolute atomic E-state index is 0.193. The van der Waals surface area contributed by atoms with E-state index >= 15 is 0 Å². The molecule has 0 spiro atoms. The van der Waals surface area contributed by atoms with Crippen molar-refractivity contribution in [2.45, 2.75) is 25.8 Å². The van der Waals surface area contributed by atoms with Gasteiger partial charge in [0, 0.05) is 19.7 Å². The van der Waals surface area contributed by atoms with Crippen molar-refractivity contribution in [1.82, 2.24) is 10.2 Å². The van der Waals surface area contributed by atoms with E-state index in [0.29, 0.717) is 24.9 Å². The van der Waals surface area contributed by atoms with Crippen LogP contribution in [0.1, 0.15) is 30.1 Å². The number of rotatable bonds is 7. The lowest BCUT2D eigenvalue weighted by Gasteiger charge is -2.30. The predicted molar refractivity (Wildman–Crippen MR) is 70.4 cm³/mol. The summed E-state index contributed by atoms with van der Waals surface area (Å²) in [4.78, 5) is 13.3. The van der Waals surface area contributed by atoms with Gasteiger partial charge in [-0.05, 0) is 31.7 Å². The number of anilines is 1. The van der Waals surface area contributed by atoms with Gasteiger partial charge in [0.25, 0.3) is 0 Å². The summed E-state index contributed by atoms with van der Waals surface area (Å²) in [5.41, 5.74) is 0.193. The van der Waals surface area contributed by atoms with Crippen molar-refractivity contribution in [1.29, 1.82) is 0 Å². The maximum Gasteiger partial charge on any atom is 0.339 e. The summed E-state index contributed by atoms with van der Waals surface area (Å²) < 4.78 is 5.11. The van der Waals surface area contributed by atoms with E-state index in [1.807, 2.05) is 4.90 Å². The molecule has 1 heterocycles. The molecule has 0 aromatic carbocycles. The number of carbonyl (C=O) groups is 1. The zero-order chi connectivity index (χ0) is 13.8. The van der Waals surface area contributed by atoms with Crippen LogP contribution in [-0.4, -0.2) is 47.6 Å². The van der Waals surface area contributed by atoms with Crippen LogP contribution >= 0.6 is 0 Å². The summed E-state index contributed by atoms with van der Waals surface area (Å²) in [5, 5.41) is 17.1. The summed E-state index contributed by atoms with van der Waals surface area (Å²) in [7, 11) is 1.63. The first kappa shape index (κ1) is 13.7. The molecule has 6 nitrogen and oxygen atoms in total. The Hall–Kier alpha value is -1.69. The Morgan fingerprint density at radius 3 is 2.95 bits per heavy atom. The van der Waals surface area contributed by atoms with E-state index in [2.05, 4.69) is 17.1 Å². The fourth-order valence-corrected chi connectivity index (χ4v) is 2.23. The average molecular weight is 265 g/mol. The molecule has 0 aliphatic heterocycles. The first-order valence-corrected chi connectivity index (χ1v) is 6.45. The van der Waals surface area contributed by atoms with Crippen molar-refractivity contribution < 1.29 is 14.6 Å². The molecule has 0 bridgehead atoms. The second-order valence-electron chi connectivity index (χ2n) is 4.84. The fraction of sp³-hybridized carbons (Fsp3) is 0.615. The summed E-state index contributed by atoms with van der Waals surface area (Å²) in [5.74, 6) is 0.0715. The Balaban J connectivity index is 2.28. The van der Waals surface area contributed by atoms with E-state index in [4.69, 9.17) is 4.74 Å². The molecule has 0 amide bonds. The maximum absolute atomic E-state index is 11.3. The standard InChI is InChI=1S/C13H19N3O3/c1-9(10-3-4-10)16(7-8-19-2)12-11(13(17)18)5-6-14-15-12/h5-6,9-10H,3-4,7-8H2,1-2H3,(H,17,18). The quantitative estimate of drug-likeness (QED) is 0.803. The van der Waals surface area contributed by atoms with E-state index in [9.17, 15) is 9.90 Å². The molecular weight excluding hydrogens is 246 g/mol. The van der Waals surface area contributed by atoms with E-state index < -0.39 is 5.97 Å². The van der Waals surface area contributed by atoms with Crippen LogP contribution in [0.3, 0.4) is 0 Å². The Kier molecular flexibility index (Phi) is 4.31. The van der Waals surface area contributed by atoms with Crippen molar-refractivity contribution >= 4 is 11.8 Å². The molecule has 1 atom stereocenters. The highest BCUT2D eigenvalue weighted by molar-refractivity contribution is 5.93. The van der Waals surface area contributed by atoms with E-state index in [-0.39, 0.29) is 11.6 Å². The number of carboxylic acids is 1. The maximum atomic E-state index is 11.3. The van der Waals surface area contributed by atoms with Crippen LogP contribution in [0.4, 0.5) is 5.82 Å². The third-order valence-corrected chi connectivity index (χ3v) is 3.54. The molecule has 1 aromatic rings. The molecule has 104 valence electrons. The number of aromatic nitrogens is 2. The molecule has 1 N–H and O–H groups in total. The van der Waals surface area contributed by atoms with Crippen LogP contribution in [-0.2, 0) is 4.74 Å². The van der Waals surface area contributed by atoms with Gasteiger partial charge in [-0.3, -0.25) is 0 Å². The van der Waals surface area contributed by atoms with Crippen LogP contribution in [0.15, 0.2) is 12.3 Å². The predicted octanol–water partition coefficient (Wildman–Crippen LogP) is 1.43. The van der Waals surface area contributed by atoms with Crippen LogP contribution < -0.4 is 4.90 Å². The number of ether oxygens (including phenoxy) is 1. The molecular formula is C13H19N3O3. The fourth-order valence-electron chi connectivity index (χ4n) is 2.23. The van der Waals surface area contributed by atoms with Crippen LogP contribution in [0, 0.1) is 5.92 Å². The lowest BCUT2D eigenvalue weighted by atomic mass is 10.1. The molecule has 6 heteroatoms. The SMILES string of the molecule is COCCN(c1nnccc1C(=O)O)C(C)C1CC1. The summed E-state index contributed by atoms with van der Waals surface area (Å²) >= 11 is 0. The average Bonchev–Trinajstić information content (AvgIpc) is 3.23. The second-order valence-corrected chi connectivity index (χ2v) is 4.84. The summed E-state index contributed by atoms with van der Waals surface area (Å²) in [6.45, 7) is 3.26.